The van der Waals surface area contributed by atoms with E-state index in [1.165, 1.54) is 25.7 Å². The number of rotatable bonds is 3. The molecule has 4 nitrogen and oxygen atoms in total. The molecule has 1 fully saturated rings. The zero-order valence-corrected chi connectivity index (χ0v) is 8.57. The molecule has 0 saturated heterocycles. The molecule has 1 aromatic rings. The number of hydrogen-bond donors (Lipinski definition) is 1. The smallest absolute Gasteiger partial charge is 0.243 e. The Kier molecular flexibility index (Phi) is 2.82. The molecule has 2 N–H and O–H groups in total. The first-order valence-electron chi connectivity index (χ1n) is 5.34. The summed E-state index contributed by atoms with van der Waals surface area (Å²) < 4.78 is 5.05. The van der Waals surface area contributed by atoms with Crippen LogP contribution in [0.5, 0.6) is 0 Å². The fourth-order valence-corrected chi connectivity index (χ4v) is 2.01. The number of nitrogens with zero attached hydrogens (tertiary/aromatic N) is 2. The Bertz CT molecular complexity index is 289. The van der Waals surface area contributed by atoms with Crippen molar-refractivity contribution < 1.29 is 4.52 Å². The van der Waals surface area contributed by atoms with E-state index in [1.807, 2.05) is 6.92 Å². The lowest BCUT2D eigenvalue weighted by Gasteiger charge is -2.02. The first kappa shape index (κ1) is 9.65. The van der Waals surface area contributed by atoms with Gasteiger partial charge in [-0.3, -0.25) is 0 Å². The molecule has 14 heavy (non-hydrogen) atoms. The summed E-state index contributed by atoms with van der Waals surface area (Å²) in [6, 6.07) is -0.153. The highest BCUT2D eigenvalue weighted by Crippen LogP contribution is 2.27. The largest absolute Gasteiger partial charge is 0.338 e. The number of aromatic nitrogens is 2. The fourth-order valence-electron chi connectivity index (χ4n) is 2.01. The topological polar surface area (TPSA) is 64.9 Å². The molecule has 1 aliphatic carbocycles. The third-order valence-corrected chi connectivity index (χ3v) is 2.82. The van der Waals surface area contributed by atoms with Crippen LogP contribution in [0.1, 0.15) is 50.4 Å². The molecule has 1 aliphatic rings. The highest BCUT2D eigenvalue weighted by Gasteiger charge is 2.18. The Morgan fingerprint density at radius 2 is 2.21 bits per heavy atom. The van der Waals surface area contributed by atoms with Crippen molar-refractivity contribution in [3.63, 3.8) is 0 Å². The van der Waals surface area contributed by atoms with Crippen molar-refractivity contribution in [2.75, 3.05) is 0 Å². The van der Waals surface area contributed by atoms with Crippen LogP contribution < -0.4 is 5.73 Å². The molecule has 1 heterocycles. The highest BCUT2D eigenvalue weighted by molar-refractivity contribution is 4.92. The Labute approximate surface area is 83.9 Å². The molecule has 4 heteroatoms. The van der Waals surface area contributed by atoms with Gasteiger partial charge in [0.15, 0.2) is 5.82 Å². The maximum Gasteiger partial charge on any atom is 0.243 e. The van der Waals surface area contributed by atoms with E-state index in [1.54, 1.807) is 0 Å². The van der Waals surface area contributed by atoms with Crippen LogP contribution >= 0.6 is 0 Å². The van der Waals surface area contributed by atoms with Crippen molar-refractivity contribution in [3.05, 3.63) is 11.7 Å². The molecule has 0 amide bonds. The van der Waals surface area contributed by atoms with Gasteiger partial charge in [0.05, 0.1) is 6.04 Å². The summed E-state index contributed by atoms with van der Waals surface area (Å²) in [6.07, 6.45) is 6.27. The van der Waals surface area contributed by atoms with Crippen LogP contribution in [0.25, 0.3) is 0 Å². The van der Waals surface area contributed by atoms with Crippen LogP contribution in [-0.4, -0.2) is 10.1 Å². The second-order valence-corrected chi connectivity index (χ2v) is 4.19. The third-order valence-electron chi connectivity index (χ3n) is 2.82. The SMILES string of the molecule is C[C@H](N)c1nc(CC2CCCC2)no1. The van der Waals surface area contributed by atoms with Crippen molar-refractivity contribution in [1.29, 1.82) is 0 Å². The molecule has 0 aromatic carbocycles. The number of hydrogen-bond acceptors (Lipinski definition) is 4. The average molecular weight is 195 g/mol. The van der Waals surface area contributed by atoms with Crippen molar-refractivity contribution in [2.45, 2.75) is 45.1 Å². The van der Waals surface area contributed by atoms with Gasteiger partial charge >= 0.3 is 0 Å². The quantitative estimate of drug-likeness (QED) is 0.799. The lowest BCUT2D eigenvalue weighted by atomic mass is 10.0. The minimum absolute atomic E-state index is 0.153. The minimum Gasteiger partial charge on any atom is -0.338 e. The van der Waals surface area contributed by atoms with E-state index in [-0.39, 0.29) is 6.04 Å². The molecule has 1 aromatic heterocycles. The van der Waals surface area contributed by atoms with Gasteiger partial charge in [0.1, 0.15) is 0 Å². The Morgan fingerprint density at radius 3 is 2.79 bits per heavy atom. The molecule has 0 spiro atoms. The first-order valence-corrected chi connectivity index (χ1v) is 5.34. The van der Waals surface area contributed by atoms with Crippen LogP contribution in [0.2, 0.25) is 0 Å². The number of nitrogens with two attached hydrogens (primary N) is 1. The van der Waals surface area contributed by atoms with Gasteiger partial charge in [0.2, 0.25) is 5.89 Å². The lowest BCUT2D eigenvalue weighted by Crippen LogP contribution is -2.06. The van der Waals surface area contributed by atoms with Crippen LogP contribution in [0.3, 0.4) is 0 Å². The highest BCUT2D eigenvalue weighted by atomic mass is 16.5. The maximum atomic E-state index is 5.64. The van der Waals surface area contributed by atoms with E-state index in [2.05, 4.69) is 10.1 Å². The van der Waals surface area contributed by atoms with Crippen LogP contribution in [0.4, 0.5) is 0 Å². The van der Waals surface area contributed by atoms with Crippen molar-refractivity contribution in [2.24, 2.45) is 11.7 Å². The summed E-state index contributed by atoms with van der Waals surface area (Å²) in [4.78, 5) is 4.27. The van der Waals surface area contributed by atoms with Gasteiger partial charge in [0.25, 0.3) is 0 Å². The van der Waals surface area contributed by atoms with Gasteiger partial charge in [-0.1, -0.05) is 30.8 Å². The van der Waals surface area contributed by atoms with E-state index in [4.69, 9.17) is 10.3 Å². The predicted molar refractivity (Wildman–Crippen MR) is 52.6 cm³/mol. The van der Waals surface area contributed by atoms with Gasteiger partial charge in [-0.05, 0) is 12.8 Å². The molecule has 1 saturated carbocycles. The molecule has 2 rings (SSSR count). The second kappa shape index (κ2) is 4.09. The van der Waals surface area contributed by atoms with Gasteiger partial charge in [-0.15, -0.1) is 0 Å². The van der Waals surface area contributed by atoms with Gasteiger partial charge in [-0.2, -0.15) is 4.98 Å². The van der Waals surface area contributed by atoms with Gasteiger partial charge in [-0.25, -0.2) is 0 Å². The lowest BCUT2D eigenvalue weighted by molar-refractivity contribution is 0.354. The predicted octanol–water partition coefficient (Wildman–Crippen LogP) is 1.82. The zero-order valence-electron chi connectivity index (χ0n) is 8.57. The summed E-state index contributed by atoms with van der Waals surface area (Å²) >= 11 is 0. The van der Waals surface area contributed by atoms with Crippen LogP contribution in [0, 0.1) is 5.92 Å². The Hall–Kier alpha value is -0.900. The summed E-state index contributed by atoms with van der Waals surface area (Å²) in [5, 5.41) is 3.93. The molecule has 1 atom stereocenters. The standard InChI is InChI=1S/C10H17N3O/c1-7(11)10-12-9(13-14-10)6-8-4-2-3-5-8/h7-8H,2-6,11H2,1H3/t7-/m0/s1. The molecule has 0 bridgehead atoms. The van der Waals surface area contributed by atoms with E-state index < -0.39 is 0 Å². The van der Waals surface area contributed by atoms with Gasteiger partial charge in [0, 0.05) is 6.42 Å². The normalized spacial score (nSPS) is 20.1. The molecular formula is C10H17N3O. The molecule has 0 unspecified atom stereocenters. The van der Waals surface area contributed by atoms with Crippen molar-refractivity contribution in [1.82, 2.24) is 10.1 Å². The second-order valence-electron chi connectivity index (χ2n) is 4.19. The Balaban J connectivity index is 1.95. The summed E-state index contributed by atoms with van der Waals surface area (Å²) in [7, 11) is 0. The summed E-state index contributed by atoms with van der Waals surface area (Å²) in [6.45, 7) is 1.85. The first-order chi connectivity index (χ1) is 6.75. The molecular weight excluding hydrogens is 178 g/mol. The summed E-state index contributed by atoms with van der Waals surface area (Å²) in [5.41, 5.74) is 5.64. The van der Waals surface area contributed by atoms with E-state index in [9.17, 15) is 0 Å². The average Bonchev–Trinajstić information content (AvgIpc) is 2.75. The maximum absolute atomic E-state index is 5.64. The molecule has 0 radical (unpaired) electrons. The zero-order chi connectivity index (χ0) is 9.97. The third kappa shape index (κ3) is 2.12. The monoisotopic (exact) mass is 195 g/mol. The summed E-state index contributed by atoms with van der Waals surface area (Å²) in [5.74, 6) is 2.13. The van der Waals surface area contributed by atoms with Crippen molar-refractivity contribution >= 4 is 0 Å². The van der Waals surface area contributed by atoms with Crippen molar-refractivity contribution in [3.8, 4) is 0 Å². The minimum atomic E-state index is -0.153. The van der Waals surface area contributed by atoms with Crippen LogP contribution in [-0.2, 0) is 6.42 Å². The fraction of sp³-hybridized carbons (Fsp3) is 0.800. The Morgan fingerprint density at radius 1 is 1.50 bits per heavy atom. The van der Waals surface area contributed by atoms with E-state index >= 15 is 0 Å². The molecule has 0 aliphatic heterocycles. The van der Waals surface area contributed by atoms with Crippen LogP contribution in [0.15, 0.2) is 4.52 Å². The van der Waals surface area contributed by atoms with E-state index in [0.717, 1.165) is 18.2 Å². The van der Waals surface area contributed by atoms with Gasteiger partial charge < -0.3 is 10.3 Å². The van der Waals surface area contributed by atoms with E-state index in [0.29, 0.717) is 5.89 Å². The molecule has 78 valence electrons.